The molecule has 0 aromatic carbocycles. The van der Waals surface area contributed by atoms with Crippen molar-refractivity contribution in [2.45, 2.75) is 30.5 Å². The molecule has 9 heteroatoms. The Hall–Kier alpha value is -1.94. The molecular formula is C14H19N5O4. The van der Waals surface area contributed by atoms with Crippen LogP contribution in [0.2, 0.25) is 0 Å². The zero-order valence-corrected chi connectivity index (χ0v) is 12.7. The second-order valence-electron chi connectivity index (χ2n) is 5.96. The lowest BCUT2D eigenvalue weighted by atomic mass is 9.90. The van der Waals surface area contributed by atoms with E-state index in [-0.39, 0.29) is 5.95 Å². The van der Waals surface area contributed by atoms with Crippen molar-refractivity contribution in [2.75, 3.05) is 31.8 Å². The highest BCUT2D eigenvalue weighted by molar-refractivity contribution is 5.87. The van der Waals surface area contributed by atoms with Crippen LogP contribution < -0.4 is 11.5 Å². The fourth-order valence-electron chi connectivity index (χ4n) is 3.51. The van der Waals surface area contributed by atoms with Gasteiger partial charge in [0, 0.05) is 19.7 Å². The SMILES string of the molecule is COC[C@]12CCOC(C1O)[C@H](n1ccc3c(N)nc(N)nc31)O2. The number of hydrogen-bond donors (Lipinski definition) is 3. The van der Waals surface area contributed by atoms with Gasteiger partial charge in [0.25, 0.3) is 0 Å². The van der Waals surface area contributed by atoms with Crippen molar-refractivity contribution >= 4 is 22.8 Å². The lowest BCUT2D eigenvalue weighted by Crippen LogP contribution is -2.51. The molecule has 2 saturated heterocycles. The zero-order valence-electron chi connectivity index (χ0n) is 12.7. The molecule has 0 radical (unpaired) electrons. The number of aromatic nitrogens is 3. The number of nitrogen functional groups attached to an aromatic ring is 2. The molecule has 2 aliphatic heterocycles. The van der Waals surface area contributed by atoms with Gasteiger partial charge in [0.1, 0.15) is 29.3 Å². The van der Waals surface area contributed by atoms with Crippen LogP contribution in [-0.2, 0) is 14.2 Å². The summed E-state index contributed by atoms with van der Waals surface area (Å²) in [7, 11) is 1.59. The van der Waals surface area contributed by atoms with Gasteiger partial charge in [-0.05, 0) is 6.07 Å². The van der Waals surface area contributed by atoms with Crippen LogP contribution in [0.5, 0.6) is 0 Å². The minimum absolute atomic E-state index is 0.0870. The largest absolute Gasteiger partial charge is 0.387 e. The molecule has 23 heavy (non-hydrogen) atoms. The highest BCUT2D eigenvalue weighted by Crippen LogP contribution is 2.45. The van der Waals surface area contributed by atoms with Crippen LogP contribution in [0.15, 0.2) is 12.3 Å². The summed E-state index contributed by atoms with van der Waals surface area (Å²) in [5.74, 6) is 0.393. The maximum atomic E-state index is 10.6. The maximum Gasteiger partial charge on any atom is 0.223 e. The van der Waals surface area contributed by atoms with E-state index in [4.69, 9.17) is 25.7 Å². The van der Waals surface area contributed by atoms with Gasteiger partial charge in [-0.2, -0.15) is 9.97 Å². The zero-order chi connectivity index (χ0) is 16.2. The lowest BCUT2D eigenvalue weighted by molar-refractivity contribution is -0.149. The Morgan fingerprint density at radius 3 is 3.09 bits per heavy atom. The van der Waals surface area contributed by atoms with Crippen molar-refractivity contribution in [1.82, 2.24) is 14.5 Å². The monoisotopic (exact) mass is 321 g/mol. The van der Waals surface area contributed by atoms with E-state index in [1.165, 1.54) is 0 Å². The Morgan fingerprint density at radius 1 is 1.48 bits per heavy atom. The molecule has 2 aromatic heterocycles. The van der Waals surface area contributed by atoms with Crippen LogP contribution >= 0.6 is 0 Å². The van der Waals surface area contributed by atoms with Gasteiger partial charge in [-0.25, -0.2) is 0 Å². The first-order valence-corrected chi connectivity index (χ1v) is 7.42. The molecule has 9 nitrogen and oxygen atoms in total. The topological polar surface area (TPSA) is 131 Å². The van der Waals surface area contributed by atoms with Crippen molar-refractivity contribution in [1.29, 1.82) is 0 Å². The molecule has 124 valence electrons. The Kier molecular flexibility index (Phi) is 3.20. The van der Waals surface area contributed by atoms with Gasteiger partial charge >= 0.3 is 0 Å². The second kappa shape index (κ2) is 5.03. The molecule has 4 heterocycles. The lowest BCUT2D eigenvalue weighted by Gasteiger charge is -2.34. The molecule has 2 fully saturated rings. The van der Waals surface area contributed by atoms with E-state index >= 15 is 0 Å². The third-order valence-corrected chi connectivity index (χ3v) is 4.60. The molecule has 4 atom stereocenters. The molecule has 0 amide bonds. The number of methoxy groups -OCH3 is 1. The standard InChI is InChI=1S/C14H19N5O4/c1-21-6-14-3-5-22-8(9(14)20)12(23-14)19-4-2-7-10(15)17-13(16)18-11(7)19/h2,4,8-9,12,20H,3,5-6H2,1H3,(H4,15,16,17,18)/t8?,9?,12-,14-/m1/s1. The van der Waals surface area contributed by atoms with E-state index in [1.54, 1.807) is 23.9 Å². The quantitative estimate of drug-likeness (QED) is 0.700. The second-order valence-corrected chi connectivity index (χ2v) is 5.96. The molecule has 0 saturated carbocycles. The van der Waals surface area contributed by atoms with Crippen molar-refractivity contribution in [3.8, 4) is 0 Å². The van der Waals surface area contributed by atoms with Crippen molar-refractivity contribution < 1.29 is 19.3 Å². The summed E-state index contributed by atoms with van der Waals surface area (Å²) in [6.07, 6.45) is 0.529. The van der Waals surface area contributed by atoms with Gasteiger partial charge in [-0.3, -0.25) is 0 Å². The third-order valence-electron chi connectivity index (χ3n) is 4.60. The molecule has 4 rings (SSSR count). The van der Waals surface area contributed by atoms with Crippen LogP contribution in [0.4, 0.5) is 11.8 Å². The van der Waals surface area contributed by atoms with E-state index < -0.39 is 24.0 Å². The van der Waals surface area contributed by atoms with Gasteiger partial charge in [0.05, 0.1) is 18.6 Å². The maximum absolute atomic E-state index is 10.6. The summed E-state index contributed by atoms with van der Waals surface area (Å²) in [5, 5.41) is 11.3. The minimum atomic E-state index is -0.782. The van der Waals surface area contributed by atoms with Gasteiger partial charge < -0.3 is 35.4 Å². The van der Waals surface area contributed by atoms with Crippen LogP contribution in [0.25, 0.3) is 11.0 Å². The highest BCUT2D eigenvalue weighted by atomic mass is 16.6. The minimum Gasteiger partial charge on any atom is -0.387 e. The number of nitrogens with two attached hydrogens (primary N) is 2. The summed E-state index contributed by atoms with van der Waals surface area (Å²) < 4.78 is 18.9. The normalized spacial score (nSPS) is 33.4. The molecule has 2 aromatic rings. The van der Waals surface area contributed by atoms with Crippen LogP contribution in [-0.4, -0.2) is 57.8 Å². The average Bonchev–Trinajstić information content (AvgIpc) is 2.95. The Labute approximate surface area is 132 Å². The van der Waals surface area contributed by atoms with E-state index in [1.807, 2.05) is 0 Å². The molecular weight excluding hydrogens is 302 g/mol. The first-order chi connectivity index (χ1) is 11.1. The third kappa shape index (κ3) is 2.01. The predicted octanol–water partition coefficient (Wildman–Crippen LogP) is -0.340. The summed E-state index contributed by atoms with van der Waals surface area (Å²) >= 11 is 0. The molecule has 5 N–H and O–H groups in total. The summed E-state index contributed by atoms with van der Waals surface area (Å²) in [6.45, 7) is 0.795. The number of nitrogens with zero attached hydrogens (tertiary/aromatic N) is 3. The van der Waals surface area contributed by atoms with Crippen molar-refractivity contribution in [3.05, 3.63) is 12.3 Å². The summed E-state index contributed by atoms with van der Waals surface area (Å²) in [4.78, 5) is 8.21. The number of fused-ring (bicyclic) bond motifs is 3. The number of ether oxygens (including phenoxy) is 3. The van der Waals surface area contributed by atoms with Gasteiger partial charge in [0.15, 0.2) is 6.23 Å². The molecule has 2 unspecified atom stereocenters. The van der Waals surface area contributed by atoms with Gasteiger partial charge in [0.2, 0.25) is 5.95 Å². The van der Waals surface area contributed by atoms with E-state index in [0.29, 0.717) is 36.5 Å². The van der Waals surface area contributed by atoms with Crippen molar-refractivity contribution in [2.24, 2.45) is 0 Å². The van der Waals surface area contributed by atoms with Gasteiger partial charge in [-0.1, -0.05) is 0 Å². The molecule has 0 aliphatic carbocycles. The summed E-state index contributed by atoms with van der Waals surface area (Å²) in [6, 6.07) is 1.80. The Morgan fingerprint density at radius 2 is 2.30 bits per heavy atom. The number of anilines is 2. The van der Waals surface area contributed by atoms with Crippen LogP contribution in [0, 0.1) is 0 Å². The van der Waals surface area contributed by atoms with Crippen molar-refractivity contribution in [3.63, 3.8) is 0 Å². The fraction of sp³-hybridized carbons (Fsp3) is 0.571. The Bertz CT molecular complexity index is 746. The highest BCUT2D eigenvalue weighted by Gasteiger charge is 2.58. The van der Waals surface area contributed by atoms with E-state index in [9.17, 15) is 5.11 Å². The number of aliphatic hydroxyl groups excluding tert-OH is 1. The van der Waals surface area contributed by atoms with Gasteiger partial charge in [-0.15, -0.1) is 0 Å². The number of aliphatic hydroxyl groups is 1. The molecule has 0 spiro atoms. The number of hydrogen-bond acceptors (Lipinski definition) is 8. The first-order valence-electron chi connectivity index (χ1n) is 7.42. The van der Waals surface area contributed by atoms with E-state index in [0.717, 1.165) is 0 Å². The fourth-order valence-corrected chi connectivity index (χ4v) is 3.51. The predicted molar refractivity (Wildman–Crippen MR) is 81.4 cm³/mol. The van der Waals surface area contributed by atoms with Crippen LogP contribution in [0.3, 0.4) is 0 Å². The molecule has 2 aliphatic rings. The first kappa shape index (κ1) is 14.6. The summed E-state index contributed by atoms with van der Waals surface area (Å²) in [5.41, 5.74) is 11.4. The smallest absolute Gasteiger partial charge is 0.223 e. The van der Waals surface area contributed by atoms with E-state index in [2.05, 4.69) is 9.97 Å². The molecule has 2 bridgehead atoms. The number of rotatable bonds is 3. The Balaban J connectivity index is 1.80. The average molecular weight is 321 g/mol. The van der Waals surface area contributed by atoms with Crippen LogP contribution in [0.1, 0.15) is 12.6 Å².